The minimum atomic E-state index is -1.09. The number of carbonyl (C=O) groups excluding carboxylic acids is 1. The second-order valence-corrected chi connectivity index (χ2v) is 9.88. The molecule has 1 fully saturated rings. The van der Waals surface area contributed by atoms with Crippen molar-refractivity contribution in [2.75, 3.05) is 13.1 Å². The van der Waals surface area contributed by atoms with Crippen LogP contribution in [0.2, 0.25) is 0 Å². The highest BCUT2D eigenvalue weighted by molar-refractivity contribution is 9.10. The fraction of sp³-hybridized carbons (Fsp3) is 0.348. The number of hydrogen-bond donors (Lipinski definition) is 1. The number of rotatable bonds is 4. The summed E-state index contributed by atoms with van der Waals surface area (Å²) >= 11 is 6.93. The molecule has 0 aliphatic carbocycles. The van der Waals surface area contributed by atoms with Gasteiger partial charge in [-0.05, 0) is 67.6 Å². The van der Waals surface area contributed by atoms with Crippen molar-refractivity contribution in [2.24, 2.45) is 0 Å². The topological polar surface area (TPSA) is 71.2 Å². The Kier molecular flexibility index (Phi) is 6.60. The van der Waals surface area contributed by atoms with Gasteiger partial charge in [-0.15, -0.1) is 5.10 Å². The van der Waals surface area contributed by atoms with Crippen LogP contribution in [-0.2, 0) is 16.8 Å². The lowest BCUT2D eigenvalue weighted by molar-refractivity contribution is -0.130. The van der Waals surface area contributed by atoms with Crippen molar-refractivity contribution in [2.45, 2.75) is 38.2 Å². The van der Waals surface area contributed by atoms with Crippen molar-refractivity contribution in [3.8, 4) is 5.69 Å². The summed E-state index contributed by atoms with van der Waals surface area (Å²) in [7, 11) is 0. The van der Waals surface area contributed by atoms with Gasteiger partial charge in [-0.1, -0.05) is 49.2 Å². The maximum atomic E-state index is 12.8. The van der Waals surface area contributed by atoms with E-state index in [4.69, 9.17) is 0 Å². The van der Waals surface area contributed by atoms with E-state index in [1.165, 1.54) is 0 Å². The lowest BCUT2D eigenvalue weighted by Gasteiger charge is -2.24. The van der Waals surface area contributed by atoms with Gasteiger partial charge in [0.05, 0.1) is 18.3 Å². The molecule has 6 nitrogen and oxygen atoms in total. The molecule has 1 N–H and O–H groups in total. The molecule has 162 valence electrons. The lowest BCUT2D eigenvalue weighted by atomic mass is 9.92. The van der Waals surface area contributed by atoms with Crippen molar-refractivity contribution in [1.82, 2.24) is 19.9 Å². The summed E-state index contributed by atoms with van der Waals surface area (Å²) in [4.78, 5) is 14.7. The molecule has 2 aromatic carbocycles. The van der Waals surface area contributed by atoms with Gasteiger partial charge < -0.3 is 10.0 Å². The molecule has 1 aromatic heterocycles. The zero-order valence-electron chi connectivity index (χ0n) is 17.3. The van der Waals surface area contributed by atoms with E-state index < -0.39 is 5.60 Å². The number of benzene rings is 2. The third-order valence-corrected chi connectivity index (χ3v) is 6.77. The van der Waals surface area contributed by atoms with Crippen LogP contribution in [0.1, 0.15) is 36.1 Å². The van der Waals surface area contributed by atoms with E-state index in [0.717, 1.165) is 25.8 Å². The van der Waals surface area contributed by atoms with E-state index in [-0.39, 0.29) is 5.91 Å². The minimum absolute atomic E-state index is 0.0801. The molecule has 3 aromatic rings. The van der Waals surface area contributed by atoms with Crippen LogP contribution in [0.3, 0.4) is 0 Å². The third kappa shape index (κ3) is 5.07. The summed E-state index contributed by atoms with van der Waals surface area (Å²) in [5.41, 5.74) is 2.42. The van der Waals surface area contributed by atoms with Crippen molar-refractivity contribution in [3.63, 3.8) is 0 Å². The molecule has 4 rings (SSSR count). The van der Waals surface area contributed by atoms with Gasteiger partial charge in [0.15, 0.2) is 0 Å². The molecule has 0 saturated carbocycles. The smallest absolute Gasteiger partial charge is 0.226 e. The van der Waals surface area contributed by atoms with Crippen LogP contribution < -0.4 is 0 Å². The number of hydrogen-bond acceptors (Lipinski definition) is 4. The van der Waals surface area contributed by atoms with Gasteiger partial charge in [-0.3, -0.25) is 4.79 Å². The van der Waals surface area contributed by atoms with Gasteiger partial charge in [0.2, 0.25) is 5.91 Å². The highest BCUT2D eigenvalue weighted by atomic mass is 79.9. The zero-order chi connectivity index (χ0) is 22.0. The Morgan fingerprint density at radius 1 is 1.13 bits per heavy atom. The van der Waals surface area contributed by atoms with Crippen LogP contribution >= 0.6 is 31.9 Å². The van der Waals surface area contributed by atoms with E-state index in [1.54, 1.807) is 10.9 Å². The molecule has 1 atom stereocenters. The van der Waals surface area contributed by atoms with Gasteiger partial charge in [0.25, 0.3) is 0 Å². The van der Waals surface area contributed by atoms with Crippen molar-refractivity contribution < 1.29 is 9.90 Å². The normalized spacial score (nSPS) is 19.3. The third-order valence-electron chi connectivity index (χ3n) is 5.79. The maximum Gasteiger partial charge on any atom is 0.226 e. The summed E-state index contributed by atoms with van der Waals surface area (Å²) < 4.78 is 3.67. The zero-order valence-corrected chi connectivity index (χ0v) is 20.4. The number of aromatic nitrogens is 3. The Balaban J connectivity index is 1.46. The summed E-state index contributed by atoms with van der Waals surface area (Å²) in [5.74, 6) is 0.0801. The lowest BCUT2D eigenvalue weighted by Crippen LogP contribution is -2.34. The standard InChI is InChI=1S/C23H24Br2N4O2/c1-16-12-19(25)6-7-20(16)29-15-21(26-27-29)23(31)8-3-10-28(11-9-23)22(30)14-17-4-2-5-18(24)13-17/h2,4-7,12-13,15,31H,3,8-11,14H2,1H3. The Bertz CT molecular complexity index is 1100. The van der Waals surface area contributed by atoms with Crippen molar-refractivity contribution in [3.05, 3.63) is 74.4 Å². The molecule has 0 radical (unpaired) electrons. The van der Waals surface area contributed by atoms with E-state index in [1.807, 2.05) is 54.3 Å². The van der Waals surface area contributed by atoms with Crippen LogP contribution in [0.25, 0.3) is 5.69 Å². The van der Waals surface area contributed by atoms with Crippen LogP contribution in [-0.4, -0.2) is 44.0 Å². The van der Waals surface area contributed by atoms with Crippen LogP contribution in [0.15, 0.2) is 57.6 Å². The Morgan fingerprint density at radius 3 is 2.71 bits per heavy atom. The molecule has 0 bridgehead atoms. The predicted octanol–water partition coefficient (Wildman–Crippen LogP) is 4.54. The SMILES string of the molecule is Cc1cc(Br)ccc1-n1cc(C2(O)CCCN(C(=O)Cc3cccc(Br)c3)CC2)nn1. The fourth-order valence-corrected chi connectivity index (χ4v) is 4.95. The Morgan fingerprint density at radius 2 is 1.94 bits per heavy atom. The van der Waals surface area contributed by atoms with Crippen molar-refractivity contribution in [1.29, 1.82) is 0 Å². The average Bonchev–Trinajstić information content (AvgIpc) is 3.12. The van der Waals surface area contributed by atoms with Crippen LogP contribution in [0, 0.1) is 6.92 Å². The largest absolute Gasteiger partial charge is 0.383 e. The summed E-state index contributed by atoms with van der Waals surface area (Å²) in [6, 6.07) is 13.8. The molecule has 2 heterocycles. The predicted molar refractivity (Wildman–Crippen MR) is 126 cm³/mol. The first-order valence-electron chi connectivity index (χ1n) is 10.3. The number of halogens is 2. The molecule has 0 spiro atoms. The van der Waals surface area contributed by atoms with E-state index >= 15 is 0 Å². The minimum Gasteiger partial charge on any atom is -0.383 e. The molecule has 1 aliphatic rings. The molecule has 1 saturated heterocycles. The van der Waals surface area contributed by atoms with Gasteiger partial charge in [-0.25, -0.2) is 4.68 Å². The highest BCUT2D eigenvalue weighted by Gasteiger charge is 2.35. The number of aliphatic hydroxyl groups is 1. The first-order chi connectivity index (χ1) is 14.8. The van der Waals surface area contributed by atoms with Crippen molar-refractivity contribution >= 4 is 37.8 Å². The second kappa shape index (κ2) is 9.22. The highest BCUT2D eigenvalue weighted by Crippen LogP contribution is 2.32. The van der Waals surface area contributed by atoms with Gasteiger partial charge >= 0.3 is 0 Å². The number of aryl methyl sites for hydroxylation is 1. The van der Waals surface area contributed by atoms with E-state index in [2.05, 4.69) is 42.2 Å². The molecule has 1 aliphatic heterocycles. The first kappa shape index (κ1) is 22.2. The fourth-order valence-electron chi connectivity index (χ4n) is 4.03. The summed E-state index contributed by atoms with van der Waals surface area (Å²) in [6.07, 6.45) is 3.86. The molecular formula is C23H24Br2N4O2. The second-order valence-electron chi connectivity index (χ2n) is 8.05. The monoisotopic (exact) mass is 546 g/mol. The number of likely N-dealkylation sites (tertiary alicyclic amines) is 1. The first-order valence-corrected chi connectivity index (χ1v) is 11.9. The Labute approximate surface area is 198 Å². The van der Waals surface area contributed by atoms with Crippen LogP contribution in [0.5, 0.6) is 0 Å². The number of nitrogens with zero attached hydrogens (tertiary/aromatic N) is 4. The molecule has 8 heteroatoms. The quantitative estimate of drug-likeness (QED) is 0.520. The van der Waals surface area contributed by atoms with E-state index in [0.29, 0.717) is 44.5 Å². The number of carbonyl (C=O) groups is 1. The number of amides is 1. The van der Waals surface area contributed by atoms with Gasteiger partial charge in [0, 0.05) is 22.0 Å². The van der Waals surface area contributed by atoms with E-state index in [9.17, 15) is 9.90 Å². The van der Waals surface area contributed by atoms with Gasteiger partial charge in [-0.2, -0.15) is 0 Å². The summed E-state index contributed by atoms with van der Waals surface area (Å²) in [5, 5.41) is 19.9. The molecule has 31 heavy (non-hydrogen) atoms. The average molecular weight is 548 g/mol. The van der Waals surface area contributed by atoms with Gasteiger partial charge in [0.1, 0.15) is 11.3 Å². The molecule has 1 unspecified atom stereocenters. The molecular weight excluding hydrogens is 524 g/mol. The maximum absolute atomic E-state index is 12.8. The van der Waals surface area contributed by atoms with Crippen LogP contribution in [0.4, 0.5) is 0 Å². The summed E-state index contributed by atoms with van der Waals surface area (Å²) in [6.45, 7) is 3.14. The molecule has 1 amide bonds. The Hall–Kier alpha value is -2.03.